The minimum atomic E-state index is -1.08. The Labute approximate surface area is 433 Å². The maximum Gasteiger partial charge on any atom is 0.0543 e. The van der Waals surface area contributed by atoms with Crippen LogP contribution in [0, 0.1) is 27.7 Å². The smallest absolute Gasteiger partial charge is 0.0543 e. The number of nitrogens with zero attached hydrogens (tertiary/aromatic N) is 2. The highest BCUT2D eigenvalue weighted by Crippen LogP contribution is 2.57. The number of anilines is 6. The third-order valence-electron chi connectivity index (χ3n) is 14.8. The molecule has 10 aromatic carbocycles. The predicted molar refractivity (Wildman–Crippen MR) is 325 cm³/mol. The summed E-state index contributed by atoms with van der Waals surface area (Å²) >= 11 is 0. The number of aryl methyl sites for hydroxylation is 4. The first kappa shape index (κ1) is 49.1. The molecule has 0 N–H and O–H groups in total. The summed E-state index contributed by atoms with van der Waals surface area (Å²) in [7, 11) is -2.17. The predicted octanol–water partition coefficient (Wildman–Crippen LogP) is 20.4. The molecule has 0 radical (unpaired) electrons. The summed E-state index contributed by atoms with van der Waals surface area (Å²) < 4.78 is 0. The van der Waals surface area contributed by atoms with E-state index in [1.807, 2.05) is 0 Å². The molecule has 72 heavy (non-hydrogen) atoms. The molecule has 0 aromatic heterocycles. The van der Waals surface area contributed by atoms with Crippen LogP contribution in [-0.2, 0) is 0 Å². The molecule has 10 rings (SSSR count). The van der Waals surface area contributed by atoms with E-state index in [0.717, 1.165) is 11.4 Å². The summed E-state index contributed by atoms with van der Waals surface area (Å²) in [5.41, 5.74) is 20.0. The Bertz CT molecular complexity index is 3370. The molecule has 0 fully saturated rings. The summed E-state index contributed by atoms with van der Waals surface area (Å²) in [6.07, 6.45) is 14.5. The molecule has 0 saturated carbocycles. The normalized spacial score (nSPS) is 12.7. The Hall–Kier alpha value is -6.46. The van der Waals surface area contributed by atoms with Gasteiger partial charge in [-0.2, -0.15) is 0 Å². The molecule has 0 amide bonds. The molecule has 0 saturated heterocycles. The number of rotatable bonds is 12. The minimum Gasteiger partial charge on any atom is -0.310 e. The summed E-state index contributed by atoms with van der Waals surface area (Å²) in [5, 5.41) is 7.84. The van der Waals surface area contributed by atoms with Crippen molar-refractivity contribution in [2.24, 2.45) is 0 Å². The highest BCUT2D eigenvalue weighted by molar-refractivity contribution is 8.32. The van der Waals surface area contributed by atoms with Crippen molar-refractivity contribution < 1.29 is 0 Å². The monoisotopic (exact) mass is 981 g/mol. The van der Waals surface area contributed by atoms with E-state index in [4.69, 9.17) is 0 Å². The van der Waals surface area contributed by atoms with Crippen LogP contribution in [0.1, 0.15) is 72.9 Å². The van der Waals surface area contributed by atoms with Gasteiger partial charge in [-0.15, -0.1) is 0 Å². The van der Waals surface area contributed by atoms with Crippen LogP contribution in [0.5, 0.6) is 0 Å². The van der Waals surface area contributed by atoms with Crippen LogP contribution < -0.4 is 9.80 Å². The lowest BCUT2D eigenvalue weighted by atomic mass is 9.84. The topological polar surface area (TPSA) is 6.48 Å². The van der Waals surface area contributed by atoms with E-state index in [2.05, 4.69) is 273 Å². The average molecular weight is 981 g/mol. The van der Waals surface area contributed by atoms with Crippen LogP contribution in [-0.4, -0.2) is 37.5 Å². The minimum absolute atomic E-state index is 0.275. The lowest BCUT2D eigenvalue weighted by Gasteiger charge is -2.35. The summed E-state index contributed by atoms with van der Waals surface area (Å²) in [5.74, 6) is 0.549. The first-order valence-corrected chi connectivity index (χ1v) is 31.3. The van der Waals surface area contributed by atoms with Crippen LogP contribution >= 0.6 is 20.1 Å². The zero-order valence-corrected chi connectivity index (χ0v) is 46.7. The van der Waals surface area contributed by atoms with Crippen molar-refractivity contribution in [1.82, 2.24) is 0 Å². The van der Waals surface area contributed by atoms with Gasteiger partial charge in [0.2, 0.25) is 0 Å². The maximum absolute atomic E-state index is 2.58. The third-order valence-corrected chi connectivity index (χ3v) is 18.1. The molecule has 0 aliphatic rings. The van der Waals surface area contributed by atoms with Crippen molar-refractivity contribution in [3.05, 3.63) is 203 Å². The van der Waals surface area contributed by atoms with E-state index in [-0.39, 0.29) is 11.8 Å². The second-order valence-electron chi connectivity index (χ2n) is 22.4. The quantitative estimate of drug-likeness (QED) is 0.113. The van der Waals surface area contributed by atoms with Gasteiger partial charge in [0.15, 0.2) is 0 Å². The second kappa shape index (κ2) is 18.9. The summed E-state index contributed by atoms with van der Waals surface area (Å²) in [4.78, 5) is 8.03. The molecule has 0 aliphatic heterocycles. The van der Waals surface area contributed by atoms with Crippen LogP contribution in [0.4, 0.5) is 34.1 Å². The van der Waals surface area contributed by atoms with E-state index < -0.39 is 20.1 Å². The van der Waals surface area contributed by atoms with Crippen molar-refractivity contribution >= 4 is 86.5 Å². The molecular formula is C68H72N2S2. The van der Waals surface area contributed by atoms with Crippen molar-refractivity contribution in [2.75, 3.05) is 47.3 Å². The van der Waals surface area contributed by atoms with Gasteiger partial charge in [-0.3, -0.25) is 0 Å². The summed E-state index contributed by atoms with van der Waals surface area (Å²) in [6.45, 7) is 18.5. The second-order valence-corrected chi connectivity index (χ2v) is 30.6. The van der Waals surface area contributed by atoms with Crippen molar-refractivity contribution in [1.29, 1.82) is 0 Å². The highest BCUT2D eigenvalue weighted by atomic mass is 32.3. The summed E-state index contributed by atoms with van der Waals surface area (Å²) in [6, 6.07) is 65.2. The molecule has 0 atom stereocenters. The molecule has 0 bridgehead atoms. The Morgan fingerprint density at radius 3 is 1.00 bits per heavy atom. The van der Waals surface area contributed by atoms with E-state index in [9.17, 15) is 0 Å². The van der Waals surface area contributed by atoms with E-state index in [0.29, 0.717) is 0 Å². The van der Waals surface area contributed by atoms with Crippen LogP contribution in [0.15, 0.2) is 180 Å². The molecule has 366 valence electrons. The van der Waals surface area contributed by atoms with Crippen molar-refractivity contribution in [3.8, 4) is 22.3 Å². The molecule has 0 aliphatic carbocycles. The first-order chi connectivity index (χ1) is 34.3. The molecule has 2 nitrogen and oxygen atoms in total. The Morgan fingerprint density at radius 1 is 0.347 bits per heavy atom. The average Bonchev–Trinajstić information content (AvgIpc) is 3.35. The molecular weight excluding hydrogens is 909 g/mol. The van der Waals surface area contributed by atoms with Crippen LogP contribution in [0.3, 0.4) is 0 Å². The maximum atomic E-state index is 2.58. The van der Waals surface area contributed by atoms with Crippen LogP contribution in [0.2, 0.25) is 0 Å². The molecule has 0 spiro atoms. The lowest BCUT2D eigenvalue weighted by Crippen LogP contribution is -2.15. The van der Waals surface area contributed by atoms with Gasteiger partial charge in [-0.1, -0.05) is 148 Å². The highest BCUT2D eigenvalue weighted by Gasteiger charge is 2.29. The zero-order valence-electron chi connectivity index (χ0n) is 45.0. The van der Waals surface area contributed by atoms with Gasteiger partial charge in [0.25, 0.3) is 0 Å². The largest absolute Gasteiger partial charge is 0.310 e. The van der Waals surface area contributed by atoms with E-state index in [1.54, 1.807) is 0 Å². The van der Waals surface area contributed by atoms with E-state index >= 15 is 0 Å². The number of hydrogen-bond donors (Lipinski definition) is 0. The zero-order chi connectivity index (χ0) is 51.0. The van der Waals surface area contributed by atoms with Gasteiger partial charge in [-0.25, -0.2) is 20.1 Å². The van der Waals surface area contributed by atoms with Crippen LogP contribution in [0.25, 0.3) is 54.6 Å². The van der Waals surface area contributed by atoms with Crippen molar-refractivity contribution in [3.63, 3.8) is 0 Å². The van der Waals surface area contributed by atoms with Gasteiger partial charge in [0, 0.05) is 33.5 Å². The Balaban J connectivity index is 1.33. The van der Waals surface area contributed by atoms with Crippen molar-refractivity contribution in [2.45, 2.75) is 77.0 Å². The van der Waals surface area contributed by atoms with Gasteiger partial charge >= 0.3 is 0 Å². The fourth-order valence-electron chi connectivity index (χ4n) is 11.1. The van der Waals surface area contributed by atoms with Gasteiger partial charge in [-0.05, 0) is 214 Å². The standard InChI is InChI=1S/C68H72N2S2/c1-43(2)57-39-63(69(51-29-25-45(5)26-30-51)61-41-59(49-21-17-15-18-22-49)65(37-47(61)7)71(9,10)11)55-36-34-54-58(44(3)4)40-64(56-35-33-53(57)67(55)68(54)56)70(52-31-27-46(6)28-32-52)62-42-60(50-23-19-16-20-24-50)66(38-48(62)8)72(12,13)14/h15-44H,1-14H3. The van der Waals surface area contributed by atoms with Gasteiger partial charge in [0.1, 0.15) is 0 Å². The fourth-order valence-corrected chi connectivity index (χ4v) is 13.8. The van der Waals surface area contributed by atoms with E-state index in [1.165, 1.54) is 120 Å². The van der Waals surface area contributed by atoms with Gasteiger partial charge < -0.3 is 9.80 Å². The molecule has 10 aromatic rings. The number of hydrogen-bond acceptors (Lipinski definition) is 2. The first-order valence-electron chi connectivity index (χ1n) is 25.6. The Morgan fingerprint density at radius 2 is 0.681 bits per heavy atom. The van der Waals surface area contributed by atoms with Gasteiger partial charge in [0.05, 0.1) is 11.4 Å². The molecule has 4 heteroatoms. The molecule has 0 heterocycles. The number of benzene rings is 10. The molecule has 0 unspecified atom stereocenters. The fraction of sp³-hybridized carbons (Fsp3) is 0.235. The third kappa shape index (κ3) is 8.85. The SMILES string of the molecule is Cc1ccc(N(c2cc(-c3ccccc3)c(S(C)(C)C)cc2C)c2cc(C(C)C)c3ccc4c(N(c5ccc(C)cc5)c5cc(-c6ccccc6)c(S(C)(C)C)cc5C)cc(C(C)C)c5ccc2c3c54)cc1. The lowest BCUT2D eigenvalue weighted by molar-refractivity contribution is 0.875. The Kier molecular flexibility index (Phi) is 12.9.